The number of carbonyl (C=O) groups excluding carboxylic acids is 2. The SMILES string of the molecule is CCOC(=O)COc1ccc(C(=O)CCc2cc(-c3ccc(C(F)(F)F)cc3)nn2Cc2ccccc2)cc1C. The molecule has 0 atom stereocenters. The maximum Gasteiger partial charge on any atom is 0.416 e. The summed E-state index contributed by atoms with van der Waals surface area (Å²) in [6, 6.07) is 21.4. The summed E-state index contributed by atoms with van der Waals surface area (Å²) in [4.78, 5) is 24.6. The quantitative estimate of drug-likeness (QED) is 0.154. The second-order valence-corrected chi connectivity index (χ2v) is 9.24. The number of alkyl halides is 3. The molecule has 0 fully saturated rings. The van der Waals surface area contributed by atoms with E-state index >= 15 is 0 Å². The molecule has 0 saturated carbocycles. The van der Waals surface area contributed by atoms with Crippen LogP contribution in [0, 0.1) is 6.92 Å². The molecule has 0 unspecified atom stereocenters. The molecule has 0 aliphatic carbocycles. The van der Waals surface area contributed by atoms with Crippen LogP contribution < -0.4 is 4.74 Å². The standard InChI is InChI=1S/C31H29F3N2O4/c1-3-39-30(38)20-40-29-16-11-24(17-21(29)2)28(37)15-14-26-18-27(23-9-12-25(13-10-23)31(32,33)34)35-36(26)19-22-7-5-4-6-8-22/h4-13,16-18H,3,14-15,19-20H2,1-2H3. The summed E-state index contributed by atoms with van der Waals surface area (Å²) < 4.78 is 51.2. The Bertz CT molecular complexity index is 1460. The van der Waals surface area contributed by atoms with Gasteiger partial charge in [0.1, 0.15) is 5.75 Å². The van der Waals surface area contributed by atoms with E-state index in [0.29, 0.717) is 41.1 Å². The normalized spacial score (nSPS) is 11.3. The number of halogens is 3. The Hall–Kier alpha value is -4.40. The predicted molar refractivity (Wildman–Crippen MR) is 144 cm³/mol. The first-order valence-corrected chi connectivity index (χ1v) is 12.8. The highest BCUT2D eigenvalue weighted by Crippen LogP contribution is 2.31. The molecule has 0 bridgehead atoms. The van der Waals surface area contributed by atoms with Gasteiger partial charge >= 0.3 is 12.1 Å². The van der Waals surface area contributed by atoms with Gasteiger partial charge in [-0.3, -0.25) is 9.48 Å². The highest BCUT2D eigenvalue weighted by molar-refractivity contribution is 5.96. The van der Waals surface area contributed by atoms with Crippen molar-refractivity contribution in [2.75, 3.05) is 13.2 Å². The maximum absolute atomic E-state index is 13.1. The third-order valence-corrected chi connectivity index (χ3v) is 6.30. The van der Waals surface area contributed by atoms with Gasteiger partial charge in [-0.1, -0.05) is 42.5 Å². The fraction of sp³-hybridized carbons (Fsp3) is 0.258. The van der Waals surface area contributed by atoms with Crippen molar-refractivity contribution < 1.29 is 32.2 Å². The van der Waals surface area contributed by atoms with E-state index in [1.807, 2.05) is 36.4 Å². The van der Waals surface area contributed by atoms with Crippen LogP contribution in [0.2, 0.25) is 0 Å². The minimum absolute atomic E-state index is 0.0800. The fourth-order valence-corrected chi connectivity index (χ4v) is 4.23. The number of nitrogens with zero attached hydrogens (tertiary/aromatic N) is 2. The Kier molecular flexibility index (Phi) is 9.04. The van der Waals surface area contributed by atoms with Crippen LogP contribution in [0.5, 0.6) is 5.75 Å². The average molecular weight is 551 g/mol. The van der Waals surface area contributed by atoms with E-state index in [4.69, 9.17) is 9.47 Å². The zero-order valence-corrected chi connectivity index (χ0v) is 22.2. The summed E-state index contributed by atoms with van der Waals surface area (Å²) in [5.74, 6) is -0.0554. The number of esters is 1. The van der Waals surface area contributed by atoms with Crippen molar-refractivity contribution in [3.8, 4) is 17.0 Å². The van der Waals surface area contributed by atoms with Crippen LogP contribution in [0.3, 0.4) is 0 Å². The molecule has 0 aliphatic heterocycles. The molecule has 9 heteroatoms. The van der Waals surface area contributed by atoms with Crippen LogP contribution in [0.1, 0.15) is 46.1 Å². The second-order valence-electron chi connectivity index (χ2n) is 9.24. The van der Waals surface area contributed by atoms with Crippen LogP contribution >= 0.6 is 0 Å². The molecule has 0 aliphatic rings. The van der Waals surface area contributed by atoms with Crippen LogP contribution in [0.4, 0.5) is 13.2 Å². The first-order chi connectivity index (χ1) is 19.1. The van der Waals surface area contributed by atoms with Gasteiger partial charge in [0.2, 0.25) is 0 Å². The smallest absolute Gasteiger partial charge is 0.416 e. The van der Waals surface area contributed by atoms with Crippen molar-refractivity contribution in [2.24, 2.45) is 0 Å². The van der Waals surface area contributed by atoms with Gasteiger partial charge in [0.25, 0.3) is 0 Å². The summed E-state index contributed by atoms with van der Waals surface area (Å²) >= 11 is 0. The van der Waals surface area contributed by atoms with E-state index in [9.17, 15) is 22.8 Å². The van der Waals surface area contributed by atoms with Crippen LogP contribution in [0.25, 0.3) is 11.3 Å². The predicted octanol–water partition coefficient (Wildman–Crippen LogP) is 6.68. The molecule has 6 nitrogen and oxygen atoms in total. The lowest BCUT2D eigenvalue weighted by molar-refractivity contribution is -0.145. The topological polar surface area (TPSA) is 70.4 Å². The molecule has 0 amide bonds. The van der Waals surface area contributed by atoms with Gasteiger partial charge in [0, 0.05) is 23.2 Å². The van der Waals surface area contributed by atoms with Gasteiger partial charge in [0.15, 0.2) is 12.4 Å². The second kappa shape index (κ2) is 12.6. The van der Waals surface area contributed by atoms with Crippen molar-refractivity contribution >= 4 is 11.8 Å². The number of ether oxygens (including phenoxy) is 2. The summed E-state index contributed by atoms with van der Waals surface area (Å²) in [6.07, 6.45) is -3.82. The van der Waals surface area contributed by atoms with Gasteiger partial charge in [-0.2, -0.15) is 18.3 Å². The third-order valence-electron chi connectivity index (χ3n) is 6.30. The first-order valence-electron chi connectivity index (χ1n) is 12.8. The number of carbonyl (C=O) groups is 2. The molecule has 1 heterocycles. The molecule has 0 radical (unpaired) electrons. The minimum Gasteiger partial charge on any atom is -0.482 e. The zero-order chi connectivity index (χ0) is 28.7. The number of hydrogen-bond acceptors (Lipinski definition) is 5. The van der Waals surface area contributed by atoms with Gasteiger partial charge < -0.3 is 9.47 Å². The number of ketones is 1. The number of aromatic nitrogens is 2. The number of benzene rings is 3. The van der Waals surface area contributed by atoms with Crippen molar-refractivity contribution in [1.29, 1.82) is 0 Å². The Morgan fingerprint density at radius 3 is 2.33 bits per heavy atom. The molecular weight excluding hydrogens is 521 g/mol. The van der Waals surface area contributed by atoms with Crippen molar-refractivity contribution in [2.45, 2.75) is 39.4 Å². The molecule has 208 valence electrons. The van der Waals surface area contributed by atoms with E-state index in [1.54, 1.807) is 36.7 Å². The highest BCUT2D eigenvalue weighted by Gasteiger charge is 2.30. The summed E-state index contributed by atoms with van der Waals surface area (Å²) in [6.45, 7) is 4.02. The molecule has 4 rings (SSSR count). The van der Waals surface area contributed by atoms with Crippen molar-refractivity contribution in [3.63, 3.8) is 0 Å². The van der Waals surface area contributed by atoms with Crippen molar-refractivity contribution in [1.82, 2.24) is 9.78 Å². The Balaban J connectivity index is 1.50. The van der Waals surface area contributed by atoms with E-state index in [1.165, 1.54) is 12.1 Å². The number of hydrogen-bond donors (Lipinski definition) is 0. The van der Waals surface area contributed by atoms with E-state index in [2.05, 4.69) is 5.10 Å². The van der Waals surface area contributed by atoms with Crippen molar-refractivity contribution in [3.05, 3.63) is 107 Å². The molecular formula is C31H29F3N2O4. The lowest BCUT2D eigenvalue weighted by atomic mass is 10.0. The van der Waals surface area contributed by atoms with E-state index in [0.717, 1.165) is 23.4 Å². The van der Waals surface area contributed by atoms with Gasteiger partial charge in [-0.15, -0.1) is 0 Å². The highest BCUT2D eigenvalue weighted by atomic mass is 19.4. The lowest BCUT2D eigenvalue weighted by Crippen LogP contribution is -2.15. The largest absolute Gasteiger partial charge is 0.482 e. The van der Waals surface area contributed by atoms with Gasteiger partial charge in [0.05, 0.1) is 24.4 Å². The van der Waals surface area contributed by atoms with Gasteiger partial charge in [-0.25, -0.2) is 4.79 Å². The molecule has 0 N–H and O–H groups in total. The van der Waals surface area contributed by atoms with Crippen LogP contribution in [-0.2, 0) is 28.7 Å². The fourth-order valence-electron chi connectivity index (χ4n) is 4.23. The monoisotopic (exact) mass is 550 g/mol. The third kappa shape index (κ3) is 7.37. The first kappa shape index (κ1) is 28.6. The number of rotatable bonds is 11. The van der Waals surface area contributed by atoms with E-state index in [-0.39, 0.29) is 25.4 Å². The molecule has 3 aromatic carbocycles. The molecule has 0 saturated heterocycles. The maximum atomic E-state index is 13.1. The van der Waals surface area contributed by atoms with Crippen LogP contribution in [0.15, 0.2) is 78.9 Å². The molecule has 1 aromatic heterocycles. The Morgan fingerprint density at radius 1 is 0.950 bits per heavy atom. The molecule has 0 spiro atoms. The summed E-state index contributed by atoms with van der Waals surface area (Å²) in [5.41, 5.74) is 3.39. The number of aryl methyl sites for hydroxylation is 2. The van der Waals surface area contributed by atoms with Crippen LogP contribution in [-0.4, -0.2) is 34.7 Å². The molecule has 4 aromatic rings. The minimum atomic E-state index is -4.42. The average Bonchev–Trinajstić information content (AvgIpc) is 3.33. The van der Waals surface area contributed by atoms with Gasteiger partial charge in [-0.05, 0) is 67.8 Å². The lowest BCUT2D eigenvalue weighted by Gasteiger charge is -2.10. The summed E-state index contributed by atoms with van der Waals surface area (Å²) in [7, 11) is 0. The number of Topliss-reactive ketones (excluding diaryl/α,β-unsaturated/α-hetero) is 1. The summed E-state index contributed by atoms with van der Waals surface area (Å²) in [5, 5.41) is 4.66. The Labute approximate surface area is 230 Å². The Morgan fingerprint density at radius 2 is 1.68 bits per heavy atom. The molecule has 40 heavy (non-hydrogen) atoms. The van der Waals surface area contributed by atoms with E-state index < -0.39 is 17.7 Å². The zero-order valence-electron chi connectivity index (χ0n) is 22.2.